The molecule has 0 amide bonds. The first-order chi connectivity index (χ1) is 28.0. The Morgan fingerprint density at radius 3 is 1.49 bits per heavy atom. The van der Waals surface area contributed by atoms with Gasteiger partial charge in [-0.3, -0.25) is 4.98 Å². The molecule has 0 bridgehead atoms. The van der Waals surface area contributed by atoms with Crippen LogP contribution in [-0.4, -0.2) is 15.0 Å². The lowest BCUT2D eigenvalue weighted by Gasteiger charge is -2.22. The van der Waals surface area contributed by atoms with Gasteiger partial charge in [0.25, 0.3) is 0 Å². The van der Waals surface area contributed by atoms with Gasteiger partial charge in [0, 0.05) is 34.5 Å². The van der Waals surface area contributed by atoms with Crippen LogP contribution in [0.25, 0.3) is 98.9 Å². The van der Waals surface area contributed by atoms with Gasteiger partial charge in [-0.15, -0.1) is 0 Å². The topological polar surface area (TPSA) is 38.7 Å². The van der Waals surface area contributed by atoms with Crippen molar-refractivity contribution in [3.8, 4) is 45.0 Å². The van der Waals surface area contributed by atoms with E-state index in [9.17, 15) is 0 Å². The fourth-order valence-electron chi connectivity index (χ4n) is 9.19. The first-order valence-corrected chi connectivity index (χ1v) is 19.6. The SMILES string of the molecule is CC1(C)c2ccccc2-c2cc3c4cc(-c5cc(-c6cccnc6)nc(-c6ccccc6)n5)ccc4c4ccccc4c4ccccc4c4ccccc4c3cc21. The summed E-state index contributed by atoms with van der Waals surface area (Å²) in [6, 6.07) is 63.9. The molecule has 11 rings (SSSR count). The van der Waals surface area contributed by atoms with E-state index in [1.54, 1.807) is 6.20 Å². The standard InChI is InChI=1S/C54H37N3/c1-54(2)49-25-13-12-24-44(49)48-30-46-45-29-35(51-32-52(36-17-14-28-55-33-36)57-53(56-51)34-15-4-3-5-16-34)26-27-43(45)41-22-9-8-20-39(41)37-18-6-7-19-38(37)40-21-10-11-23-42(40)47(46)31-50(48)54/h3-33H,1-2H3. The quantitative estimate of drug-likeness (QED) is 0.182. The summed E-state index contributed by atoms with van der Waals surface area (Å²) in [5, 5.41) is 12.1. The van der Waals surface area contributed by atoms with Crippen molar-refractivity contribution >= 4 is 53.9 Å². The highest BCUT2D eigenvalue weighted by atomic mass is 14.9. The van der Waals surface area contributed by atoms with Crippen molar-refractivity contribution in [1.29, 1.82) is 0 Å². The number of rotatable bonds is 3. The van der Waals surface area contributed by atoms with Crippen molar-refractivity contribution in [3.05, 3.63) is 199 Å². The van der Waals surface area contributed by atoms with Crippen LogP contribution >= 0.6 is 0 Å². The van der Waals surface area contributed by atoms with Crippen molar-refractivity contribution in [2.45, 2.75) is 19.3 Å². The molecule has 0 saturated carbocycles. The van der Waals surface area contributed by atoms with Gasteiger partial charge < -0.3 is 0 Å². The second kappa shape index (κ2) is 12.9. The first kappa shape index (κ1) is 33.1. The van der Waals surface area contributed by atoms with Crippen molar-refractivity contribution in [2.24, 2.45) is 0 Å². The van der Waals surface area contributed by atoms with Crippen molar-refractivity contribution in [3.63, 3.8) is 0 Å². The molecule has 0 unspecified atom stereocenters. The zero-order valence-electron chi connectivity index (χ0n) is 31.7. The highest BCUT2D eigenvalue weighted by Gasteiger charge is 2.35. The number of fused-ring (bicyclic) bond motifs is 13. The van der Waals surface area contributed by atoms with Gasteiger partial charge in [0.1, 0.15) is 0 Å². The van der Waals surface area contributed by atoms with E-state index in [1.807, 2.05) is 30.5 Å². The number of pyridine rings is 1. The molecule has 10 aromatic rings. The predicted molar refractivity (Wildman–Crippen MR) is 239 cm³/mol. The number of nitrogens with zero attached hydrogens (tertiary/aromatic N) is 3. The minimum Gasteiger partial charge on any atom is -0.264 e. The van der Waals surface area contributed by atoms with Crippen LogP contribution in [0.4, 0.5) is 0 Å². The van der Waals surface area contributed by atoms with E-state index in [-0.39, 0.29) is 5.41 Å². The third-order valence-corrected chi connectivity index (χ3v) is 12.0. The van der Waals surface area contributed by atoms with Crippen molar-refractivity contribution < 1.29 is 0 Å². The molecule has 0 N–H and O–H groups in total. The first-order valence-electron chi connectivity index (χ1n) is 19.6. The summed E-state index contributed by atoms with van der Waals surface area (Å²) < 4.78 is 0. The van der Waals surface area contributed by atoms with Gasteiger partial charge in [0.05, 0.1) is 11.4 Å². The number of benzene rings is 7. The summed E-state index contributed by atoms with van der Waals surface area (Å²) in [5.41, 5.74) is 9.79. The zero-order valence-corrected chi connectivity index (χ0v) is 31.7. The molecule has 0 aliphatic heterocycles. The number of hydrogen-bond donors (Lipinski definition) is 0. The molecule has 3 heteroatoms. The Bertz CT molecular complexity index is 3250. The monoisotopic (exact) mass is 727 g/mol. The van der Waals surface area contributed by atoms with Crippen molar-refractivity contribution in [2.75, 3.05) is 0 Å². The van der Waals surface area contributed by atoms with Gasteiger partial charge in [-0.2, -0.15) is 0 Å². The van der Waals surface area contributed by atoms with Crippen LogP contribution in [0.2, 0.25) is 0 Å². The third kappa shape index (κ3) is 5.31. The zero-order chi connectivity index (χ0) is 38.1. The Balaban J connectivity index is 1.35. The molecule has 0 fully saturated rings. The lowest BCUT2D eigenvalue weighted by molar-refractivity contribution is 0.661. The van der Waals surface area contributed by atoms with Gasteiger partial charge >= 0.3 is 0 Å². The highest BCUT2D eigenvalue weighted by molar-refractivity contribution is 6.27. The largest absolute Gasteiger partial charge is 0.264 e. The van der Waals surface area contributed by atoms with E-state index >= 15 is 0 Å². The number of aromatic nitrogens is 3. The second-order valence-corrected chi connectivity index (χ2v) is 15.6. The van der Waals surface area contributed by atoms with Gasteiger partial charge in [-0.1, -0.05) is 153 Å². The fraction of sp³-hybridized carbons (Fsp3) is 0.0556. The molecule has 0 spiro atoms. The minimum atomic E-state index is -0.155. The Hall–Kier alpha value is -7.23. The minimum absolute atomic E-state index is 0.155. The van der Waals surface area contributed by atoms with Crippen LogP contribution < -0.4 is 0 Å². The molecular formula is C54H37N3. The van der Waals surface area contributed by atoms with Crippen LogP contribution in [0.15, 0.2) is 188 Å². The average molecular weight is 728 g/mol. The van der Waals surface area contributed by atoms with Crippen molar-refractivity contribution in [1.82, 2.24) is 15.0 Å². The summed E-state index contributed by atoms with van der Waals surface area (Å²) in [7, 11) is 0. The maximum Gasteiger partial charge on any atom is 0.160 e. The highest BCUT2D eigenvalue weighted by Crippen LogP contribution is 2.51. The molecule has 0 atom stereocenters. The summed E-state index contributed by atoms with van der Waals surface area (Å²) in [4.78, 5) is 14.8. The van der Waals surface area contributed by atoms with E-state index < -0.39 is 0 Å². The maximum atomic E-state index is 5.26. The smallest absolute Gasteiger partial charge is 0.160 e. The van der Waals surface area contributed by atoms with E-state index in [1.165, 1.54) is 70.7 Å². The lowest BCUT2D eigenvalue weighted by atomic mass is 9.81. The van der Waals surface area contributed by atoms with E-state index in [4.69, 9.17) is 9.97 Å². The van der Waals surface area contributed by atoms with E-state index in [0.29, 0.717) is 5.82 Å². The van der Waals surface area contributed by atoms with Gasteiger partial charge in [-0.05, 0) is 113 Å². The maximum absolute atomic E-state index is 5.26. The molecule has 2 heterocycles. The molecule has 1 aliphatic rings. The fourth-order valence-corrected chi connectivity index (χ4v) is 9.19. The van der Waals surface area contributed by atoms with Crippen LogP contribution in [0, 0.1) is 0 Å². The van der Waals surface area contributed by atoms with Crippen LogP contribution in [0.3, 0.4) is 0 Å². The lowest BCUT2D eigenvalue weighted by Crippen LogP contribution is -2.14. The Labute approximate surface area is 331 Å². The molecule has 8 aromatic carbocycles. The second-order valence-electron chi connectivity index (χ2n) is 15.6. The van der Waals surface area contributed by atoms with E-state index in [0.717, 1.165) is 33.5 Å². The average Bonchev–Trinajstić information content (AvgIpc) is 3.51. The Morgan fingerprint density at radius 1 is 0.351 bits per heavy atom. The molecule has 0 radical (unpaired) electrons. The molecule has 57 heavy (non-hydrogen) atoms. The van der Waals surface area contributed by atoms with Gasteiger partial charge in [0.2, 0.25) is 0 Å². The molecule has 268 valence electrons. The predicted octanol–water partition coefficient (Wildman–Crippen LogP) is 14.1. The van der Waals surface area contributed by atoms with Crippen LogP contribution in [0.1, 0.15) is 25.0 Å². The Morgan fingerprint density at radius 2 is 0.860 bits per heavy atom. The summed E-state index contributed by atoms with van der Waals surface area (Å²) in [5.74, 6) is 0.680. The summed E-state index contributed by atoms with van der Waals surface area (Å²) >= 11 is 0. The summed E-state index contributed by atoms with van der Waals surface area (Å²) in [6.07, 6.45) is 3.67. The summed E-state index contributed by atoms with van der Waals surface area (Å²) in [6.45, 7) is 4.74. The van der Waals surface area contributed by atoms with Gasteiger partial charge in [0.15, 0.2) is 5.82 Å². The normalized spacial score (nSPS) is 12.9. The molecule has 3 nitrogen and oxygen atoms in total. The molecular weight excluding hydrogens is 691 g/mol. The van der Waals surface area contributed by atoms with Gasteiger partial charge in [-0.25, -0.2) is 9.97 Å². The number of hydrogen-bond acceptors (Lipinski definition) is 3. The van der Waals surface area contributed by atoms with Crippen LogP contribution in [0.5, 0.6) is 0 Å². The molecule has 0 saturated heterocycles. The third-order valence-electron chi connectivity index (χ3n) is 12.0. The molecule has 2 aromatic heterocycles. The molecule has 1 aliphatic carbocycles. The Kier molecular flexibility index (Phi) is 7.52. The van der Waals surface area contributed by atoms with E-state index in [2.05, 4.69) is 170 Å². The van der Waals surface area contributed by atoms with Crippen LogP contribution in [-0.2, 0) is 5.41 Å².